The molecule has 1 atom stereocenters. The number of benzene rings is 1. The number of hydrogen-bond acceptors (Lipinski definition) is 3. The maximum Gasteiger partial charge on any atom is 0.303 e. The lowest BCUT2D eigenvalue weighted by Gasteiger charge is -2.28. The molecule has 1 fully saturated rings. The highest BCUT2D eigenvalue weighted by atomic mass is 16.4. The first-order valence-electron chi connectivity index (χ1n) is 7.82. The highest BCUT2D eigenvalue weighted by Crippen LogP contribution is 2.21. The molecule has 1 aliphatic heterocycles. The number of amides is 1. The first-order chi connectivity index (χ1) is 10.6. The number of carbonyl (C=O) groups excluding carboxylic acids is 1. The highest BCUT2D eigenvalue weighted by molar-refractivity contribution is 5.82. The van der Waals surface area contributed by atoms with Crippen LogP contribution in [0.3, 0.4) is 0 Å². The summed E-state index contributed by atoms with van der Waals surface area (Å²) in [5.41, 5.74) is 1.22. The molecule has 0 radical (unpaired) electrons. The molecule has 1 aliphatic rings. The average Bonchev–Trinajstić information content (AvgIpc) is 2.95. The van der Waals surface area contributed by atoms with E-state index in [4.69, 9.17) is 5.11 Å². The average molecular weight is 304 g/mol. The van der Waals surface area contributed by atoms with E-state index in [1.807, 2.05) is 18.2 Å². The molecule has 0 aromatic heterocycles. The summed E-state index contributed by atoms with van der Waals surface area (Å²) in [4.78, 5) is 27.0. The van der Waals surface area contributed by atoms with E-state index < -0.39 is 5.97 Å². The van der Waals surface area contributed by atoms with Crippen LogP contribution in [0.15, 0.2) is 30.3 Å². The van der Waals surface area contributed by atoms with Crippen LogP contribution in [0.1, 0.15) is 31.2 Å². The van der Waals surface area contributed by atoms with E-state index in [9.17, 15) is 9.59 Å². The monoisotopic (exact) mass is 304 g/mol. The zero-order chi connectivity index (χ0) is 15.9. The van der Waals surface area contributed by atoms with Crippen molar-refractivity contribution in [1.82, 2.24) is 9.80 Å². The van der Waals surface area contributed by atoms with Crippen molar-refractivity contribution in [3.8, 4) is 0 Å². The quantitative estimate of drug-likeness (QED) is 0.836. The zero-order valence-corrected chi connectivity index (χ0v) is 13.1. The van der Waals surface area contributed by atoms with Crippen molar-refractivity contribution < 1.29 is 14.7 Å². The van der Waals surface area contributed by atoms with E-state index >= 15 is 0 Å². The van der Waals surface area contributed by atoms with Crippen LogP contribution < -0.4 is 0 Å². The van der Waals surface area contributed by atoms with Gasteiger partial charge in [0.1, 0.15) is 0 Å². The van der Waals surface area contributed by atoms with Crippen LogP contribution in [-0.4, -0.2) is 53.0 Å². The first-order valence-corrected chi connectivity index (χ1v) is 7.82. The van der Waals surface area contributed by atoms with Crippen molar-refractivity contribution in [2.24, 2.45) is 0 Å². The van der Waals surface area contributed by atoms with Gasteiger partial charge in [0, 0.05) is 26.6 Å². The molecule has 0 aliphatic carbocycles. The maximum atomic E-state index is 12.6. The zero-order valence-electron chi connectivity index (χ0n) is 13.1. The van der Waals surface area contributed by atoms with Crippen LogP contribution in [0.5, 0.6) is 0 Å². The van der Waals surface area contributed by atoms with Crippen LogP contribution in [0.4, 0.5) is 0 Å². The van der Waals surface area contributed by atoms with Gasteiger partial charge in [0.25, 0.3) is 0 Å². The van der Waals surface area contributed by atoms with Gasteiger partial charge < -0.3 is 10.0 Å². The van der Waals surface area contributed by atoms with Crippen molar-refractivity contribution >= 4 is 11.9 Å². The predicted molar refractivity (Wildman–Crippen MR) is 84.4 cm³/mol. The minimum atomic E-state index is -0.813. The van der Waals surface area contributed by atoms with E-state index in [0.717, 1.165) is 25.9 Å². The Balaban J connectivity index is 1.89. The highest BCUT2D eigenvalue weighted by Gasteiger charge is 2.32. The number of carboxylic acids is 1. The second-order valence-electron chi connectivity index (χ2n) is 5.87. The Hall–Kier alpha value is -1.88. The lowest BCUT2D eigenvalue weighted by Crippen LogP contribution is -2.44. The lowest BCUT2D eigenvalue weighted by molar-refractivity contribution is -0.139. The molecule has 120 valence electrons. The Kier molecular flexibility index (Phi) is 5.95. The Morgan fingerprint density at radius 3 is 2.73 bits per heavy atom. The Labute approximate surface area is 131 Å². The summed E-state index contributed by atoms with van der Waals surface area (Å²) in [5, 5.41) is 8.67. The molecular weight excluding hydrogens is 280 g/mol. The minimum Gasteiger partial charge on any atom is -0.481 e. The number of nitrogens with zero attached hydrogens (tertiary/aromatic N) is 2. The third-order valence-corrected chi connectivity index (χ3v) is 4.14. The normalized spacial score (nSPS) is 18.3. The van der Waals surface area contributed by atoms with Gasteiger partial charge in [0.05, 0.1) is 6.04 Å². The standard InChI is InChI=1S/C17H24N2O3/c1-18(11-6-10-16(20)21)17(22)15-9-5-12-19(15)13-14-7-3-2-4-8-14/h2-4,7-8,15H,5-6,9-13H2,1H3,(H,20,21). The van der Waals surface area contributed by atoms with Gasteiger partial charge in [0.2, 0.25) is 5.91 Å². The van der Waals surface area contributed by atoms with Gasteiger partial charge in [-0.1, -0.05) is 30.3 Å². The van der Waals surface area contributed by atoms with Crippen LogP contribution in [-0.2, 0) is 16.1 Å². The van der Waals surface area contributed by atoms with Crippen LogP contribution in [0.25, 0.3) is 0 Å². The molecular formula is C17H24N2O3. The molecule has 0 spiro atoms. The Bertz CT molecular complexity index is 504. The van der Waals surface area contributed by atoms with E-state index in [2.05, 4.69) is 17.0 Å². The van der Waals surface area contributed by atoms with Crippen molar-refractivity contribution in [1.29, 1.82) is 0 Å². The van der Waals surface area contributed by atoms with Gasteiger partial charge in [0.15, 0.2) is 0 Å². The number of likely N-dealkylation sites (tertiary alicyclic amines) is 1. The summed E-state index contributed by atoms with van der Waals surface area (Å²) in [7, 11) is 1.77. The van der Waals surface area contributed by atoms with Gasteiger partial charge >= 0.3 is 5.97 Å². The number of rotatable bonds is 7. The molecule has 1 aromatic rings. The van der Waals surface area contributed by atoms with E-state index in [1.54, 1.807) is 11.9 Å². The number of hydrogen-bond donors (Lipinski definition) is 1. The second-order valence-corrected chi connectivity index (χ2v) is 5.87. The fourth-order valence-electron chi connectivity index (χ4n) is 2.95. The van der Waals surface area contributed by atoms with E-state index in [-0.39, 0.29) is 18.4 Å². The van der Waals surface area contributed by atoms with Crippen molar-refractivity contribution in [2.45, 2.75) is 38.3 Å². The molecule has 2 rings (SSSR count). The first kappa shape index (κ1) is 16.5. The lowest BCUT2D eigenvalue weighted by atomic mass is 10.1. The van der Waals surface area contributed by atoms with Gasteiger partial charge in [-0.05, 0) is 31.4 Å². The Morgan fingerprint density at radius 2 is 2.05 bits per heavy atom. The van der Waals surface area contributed by atoms with Crippen LogP contribution in [0.2, 0.25) is 0 Å². The van der Waals surface area contributed by atoms with Crippen molar-refractivity contribution in [3.63, 3.8) is 0 Å². The molecule has 1 N–H and O–H groups in total. The largest absolute Gasteiger partial charge is 0.481 e. The number of carboxylic acid groups (broad SMARTS) is 1. The van der Waals surface area contributed by atoms with Crippen molar-refractivity contribution in [2.75, 3.05) is 20.1 Å². The van der Waals surface area contributed by atoms with Crippen molar-refractivity contribution in [3.05, 3.63) is 35.9 Å². The fraction of sp³-hybridized carbons (Fsp3) is 0.529. The van der Waals surface area contributed by atoms with Gasteiger partial charge in [-0.2, -0.15) is 0 Å². The van der Waals surface area contributed by atoms with E-state index in [1.165, 1.54) is 5.56 Å². The molecule has 5 heteroatoms. The molecule has 0 bridgehead atoms. The SMILES string of the molecule is CN(CCCC(=O)O)C(=O)C1CCCN1Cc1ccccc1. The summed E-state index contributed by atoms with van der Waals surface area (Å²) >= 11 is 0. The number of carbonyl (C=O) groups is 2. The summed E-state index contributed by atoms with van der Waals surface area (Å²) in [6.07, 6.45) is 2.53. The number of likely N-dealkylation sites (N-methyl/N-ethyl adjacent to an activating group) is 1. The number of aliphatic carboxylic acids is 1. The molecule has 1 amide bonds. The predicted octanol–water partition coefficient (Wildman–Crippen LogP) is 1.97. The summed E-state index contributed by atoms with van der Waals surface area (Å²) in [5.74, 6) is -0.703. The smallest absolute Gasteiger partial charge is 0.303 e. The molecule has 1 aromatic carbocycles. The van der Waals surface area contributed by atoms with Gasteiger partial charge in [-0.3, -0.25) is 14.5 Å². The second kappa shape index (κ2) is 7.94. The molecule has 1 saturated heterocycles. The summed E-state index contributed by atoms with van der Waals surface area (Å²) < 4.78 is 0. The summed E-state index contributed by atoms with van der Waals surface area (Å²) in [6.45, 7) is 2.23. The summed E-state index contributed by atoms with van der Waals surface area (Å²) in [6, 6.07) is 10.1. The molecule has 22 heavy (non-hydrogen) atoms. The topological polar surface area (TPSA) is 60.9 Å². The Morgan fingerprint density at radius 1 is 1.32 bits per heavy atom. The third-order valence-electron chi connectivity index (χ3n) is 4.14. The molecule has 1 unspecified atom stereocenters. The molecule has 1 heterocycles. The van der Waals surface area contributed by atoms with Gasteiger partial charge in [-0.25, -0.2) is 0 Å². The molecule has 5 nitrogen and oxygen atoms in total. The van der Waals surface area contributed by atoms with Crippen LogP contribution in [0, 0.1) is 0 Å². The minimum absolute atomic E-state index is 0.0740. The third kappa shape index (κ3) is 4.56. The molecule has 0 saturated carbocycles. The van der Waals surface area contributed by atoms with E-state index in [0.29, 0.717) is 13.0 Å². The maximum absolute atomic E-state index is 12.6. The fourth-order valence-corrected chi connectivity index (χ4v) is 2.95. The van der Waals surface area contributed by atoms with Crippen LogP contribution >= 0.6 is 0 Å². The van der Waals surface area contributed by atoms with Gasteiger partial charge in [-0.15, -0.1) is 0 Å².